The van der Waals surface area contributed by atoms with Crippen molar-refractivity contribution in [1.29, 1.82) is 0 Å². The van der Waals surface area contributed by atoms with Crippen molar-refractivity contribution in [2.45, 2.75) is 0 Å². The summed E-state index contributed by atoms with van der Waals surface area (Å²) in [4.78, 5) is 10.0. The molecule has 0 aliphatic carbocycles. The maximum Gasteiger partial charge on any atom is 0.269 e. The van der Waals surface area contributed by atoms with Crippen LogP contribution in [0.1, 0.15) is 0 Å². The number of nitro groups is 1. The van der Waals surface area contributed by atoms with E-state index in [9.17, 15) is 15.3 Å². The molecule has 0 atom stereocenters. The highest BCUT2D eigenvalue weighted by Gasteiger charge is 2.11. The fraction of sp³-hybridized carbons (Fsp3) is 0.100. The van der Waals surface area contributed by atoms with Crippen LogP contribution < -0.4 is 4.73 Å². The average molecular weight is 219 g/mol. The third kappa shape index (κ3) is 1.72. The SMILES string of the molecule is Cn1c[n+]([O-])cc1-c1ccc([N+](=O)[O-])cc1. The molecule has 2 aromatic rings. The summed E-state index contributed by atoms with van der Waals surface area (Å²) in [5, 5.41) is 21.5. The molecule has 16 heavy (non-hydrogen) atoms. The normalized spacial score (nSPS) is 10.3. The lowest BCUT2D eigenvalue weighted by Crippen LogP contribution is -2.21. The number of nitro benzene ring substituents is 1. The van der Waals surface area contributed by atoms with Crippen LogP contribution in [0.5, 0.6) is 0 Å². The summed E-state index contributed by atoms with van der Waals surface area (Å²) in [6, 6.07) is 6.07. The van der Waals surface area contributed by atoms with E-state index in [4.69, 9.17) is 0 Å². The summed E-state index contributed by atoms with van der Waals surface area (Å²) < 4.78 is 2.35. The minimum Gasteiger partial charge on any atom is -0.711 e. The molecule has 0 saturated carbocycles. The first-order valence-electron chi connectivity index (χ1n) is 4.58. The van der Waals surface area contributed by atoms with E-state index >= 15 is 0 Å². The smallest absolute Gasteiger partial charge is 0.269 e. The zero-order valence-corrected chi connectivity index (χ0v) is 8.53. The lowest BCUT2D eigenvalue weighted by atomic mass is 10.1. The second kappa shape index (κ2) is 3.65. The summed E-state index contributed by atoms with van der Waals surface area (Å²) in [6.07, 6.45) is 2.80. The van der Waals surface area contributed by atoms with Crippen molar-refractivity contribution < 1.29 is 9.65 Å². The number of benzene rings is 1. The quantitative estimate of drug-likeness (QED) is 0.330. The molecule has 82 valence electrons. The van der Waals surface area contributed by atoms with E-state index in [1.54, 1.807) is 23.7 Å². The Bertz CT molecular complexity index is 531. The number of hydrogen-bond donors (Lipinski definition) is 0. The molecule has 6 heteroatoms. The Hall–Kier alpha value is -2.37. The van der Waals surface area contributed by atoms with Crippen molar-refractivity contribution in [3.8, 4) is 11.3 Å². The van der Waals surface area contributed by atoms with E-state index in [2.05, 4.69) is 0 Å². The van der Waals surface area contributed by atoms with Gasteiger partial charge in [-0.25, -0.2) is 9.30 Å². The highest BCUT2D eigenvalue weighted by molar-refractivity contribution is 5.59. The van der Waals surface area contributed by atoms with Crippen molar-refractivity contribution in [2.75, 3.05) is 0 Å². The van der Waals surface area contributed by atoms with Crippen LogP contribution in [0.2, 0.25) is 0 Å². The molecule has 0 fully saturated rings. The van der Waals surface area contributed by atoms with Gasteiger partial charge in [-0.15, -0.1) is 0 Å². The number of rotatable bonds is 2. The van der Waals surface area contributed by atoms with Crippen LogP contribution in [-0.4, -0.2) is 9.49 Å². The number of imidazole rings is 1. The maximum atomic E-state index is 11.0. The van der Waals surface area contributed by atoms with Gasteiger partial charge in [0.1, 0.15) is 6.20 Å². The standard InChI is InChI=1S/C10H9N3O3/c1-11-7-12(14)6-10(11)8-2-4-9(5-3-8)13(15)16/h2-7H,1H3. The Balaban J connectivity index is 2.42. The summed E-state index contributed by atoms with van der Waals surface area (Å²) in [5.74, 6) is 0. The van der Waals surface area contributed by atoms with E-state index in [0.717, 1.165) is 5.56 Å². The summed E-state index contributed by atoms with van der Waals surface area (Å²) in [6.45, 7) is 0. The van der Waals surface area contributed by atoms with Crippen LogP contribution in [0.3, 0.4) is 0 Å². The monoisotopic (exact) mass is 219 g/mol. The van der Waals surface area contributed by atoms with Gasteiger partial charge in [0.15, 0.2) is 5.69 Å². The molecular weight excluding hydrogens is 210 g/mol. The molecule has 1 heterocycles. The van der Waals surface area contributed by atoms with Crippen LogP contribution in [0.15, 0.2) is 36.8 Å². The number of non-ortho nitro benzene ring substituents is 1. The Morgan fingerprint density at radius 2 is 1.94 bits per heavy atom. The molecule has 0 bridgehead atoms. The van der Waals surface area contributed by atoms with Gasteiger partial charge in [-0.2, -0.15) is 0 Å². The van der Waals surface area contributed by atoms with E-state index in [0.29, 0.717) is 10.4 Å². The summed E-state index contributed by atoms with van der Waals surface area (Å²) >= 11 is 0. The molecule has 6 nitrogen and oxygen atoms in total. The van der Waals surface area contributed by atoms with Gasteiger partial charge >= 0.3 is 0 Å². The second-order valence-electron chi connectivity index (χ2n) is 3.40. The van der Waals surface area contributed by atoms with Crippen molar-refractivity contribution >= 4 is 5.69 Å². The van der Waals surface area contributed by atoms with Gasteiger partial charge < -0.3 is 5.21 Å². The molecule has 0 unspecified atom stereocenters. The Kier molecular flexibility index (Phi) is 2.32. The molecular formula is C10H9N3O3. The van der Waals surface area contributed by atoms with Crippen LogP contribution in [0.25, 0.3) is 11.3 Å². The van der Waals surface area contributed by atoms with Crippen molar-refractivity contribution in [3.63, 3.8) is 0 Å². The van der Waals surface area contributed by atoms with E-state index in [1.807, 2.05) is 0 Å². The van der Waals surface area contributed by atoms with E-state index < -0.39 is 4.92 Å². The van der Waals surface area contributed by atoms with E-state index in [-0.39, 0.29) is 5.69 Å². The molecule has 0 spiro atoms. The zero-order valence-electron chi connectivity index (χ0n) is 8.53. The van der Waals surface area contributed by atoms with Gasteiger partial charge in [-0.1, -0.05) is 0 Å². The van der Waals surface area contributed by atoms with Gasteiger partial charge in [0, 0.05) is 17.7 Å². The maximum absolute atomic E-state index is 11.0. The highest BCUT2D eigenvalue weighted by Crippen LogP contribution is 2.20. The summed E-state index contributed by atoms with van der Waals surface area (Å²) in [7, 11) is 1.74. The molecule has 0 N–H and O–H groups in total. The van der Waals surface area contributed by atoms with Gasteiger partial charge in [-0.3, -0.25) is 10.1 Å². The zero-order chi connectivity index (χ0) is 11.7. The first-order chi connectivity index (χ1) is 7.58. The molecule has 0 amide bonds. The minimum absolute atomic E-state index is 0.0351. The molecule has 0 radical (unpaired) electrons. The lowest BCUT2D eigenvalue weighted by Gasteiger charge is -1.96. The average Bonchev–Trinajstić information content (AvgIpc) is 2.58. The third-order valence-corrected chi connectivity index (χ3v) is 2.29. The van der Waals surface area contributed by atoms with Crippen LogP contribution in [-0.2, 0) is 7.05 Å². The Labute approximate surface area is 91.1 Å². The molecule has 0 aliphatic rings. The summed E-state index contributed by atoms with van der Waals surface area (Å²) in [5.41, 5.74) is 1.51. The Morgan fingerprint density at radius 1 is 1.31 bits per heavy atom. The fourth-order valence-electron chi connectivity index (χ4n) is 1.51. The first kappa shape index (κ1) is 10.2. The first-order valence-corrected chi connectivity index (χ1v) is 4.58. The van der Waals surface area contributed by atoms with Gasteiger partial charge in [0.25, 0.3) is 5.69 Å². The van der Waals surface area contributed by atoms with E-state index in [1.165, 1.54) is 24.7 Å². The molecule has 1 aromatic carbocycles. The number of aryl methyl sites for hydroxylation is 1. The van der Waals surface area contributed by atoms with Gasteiger partial charge in [0.2, 0.25) is 6.33 Å². The van der Waals surface area contributed by atoms with Gasteiger partial charge in [0.05, 0.1) is 12.0 Å². The predicted octanol–water partition coefficient (Wildman–Crippen LogP) is 1.23. The second-order valence-corrected chi connectivity index (χ2v) is 3.40. The largest absolute Gasteiger partial charge is 0.711 e. The van der Waals surface area contributed by atoms with Crippen LogP contribution in [0.4, 0.5) is 5.69 Å². The van der Waals surface area contributed by atoms with Crippen molar-refractivity contribution in [2.24, 2.45) is 7.05 Å². The molecule has 2 rings (SSSR count). The number of hydrogen-bond acceptors (Lipinski definition) is 3. The van der Waals surface area contributed by atoms with Crippen LogP contribution in [0, 0.1) is 15.3 Å². The highest BCUT2D eigenvalue weighted by atomic mass is 16.6. The third-order valence-electron chi connectivity index (χ3n) is 2.29. The number of aromatic nitrogens is 2. The molecule has 0 aliphatic heterocycles. The topological polar surface area (TPSA) is 75.0 Å². The van der Waals surface area contributed by atoms with Crippen LogP contribution >= 0.6 is 0 Å². The van der Waals surface area contributed by atoms with Crippen molar-refractivity contribution in [3.05, 3.63) is 52.1 Å². The lowest BCUT2D eigenvalue weighted by molar-refractivity contribution is -0.604. The predicted molar refractivity (Wildman–Crippen MR) is 56.5 cm³/mol. The minimum atomic E-state index is -0.456. The molecule has 1 aromatic heterocycles. The molecule has 0 saturated heterocycles. The van der Waals surface area contributed by atoms with Gasteiger partial charge in [-0.05, 0) is 12.1 Å². The Morgan fingerprint density at radius 3 is 2.38 bits per heavy atom. The number of nitrogens with zero attached hydrogens (tertiary/aromatic N) is 3. The van der Waals surface area contributed by atoms with Crippen molar-refractivity contribution in [1.82, 2.24) is 4.57 Å². The fourth-order valence-corrected chi connectivity index (χ4v) is 1.51.